The molecule has 1 aliphatic heterocycles. The van der Waals surface area contributed by atoms with Crippen molar-refractivity contribution in [2.45, 2.75) is 12.8 Å². The molecule has 0 spiro atoms. The first kappa shape index (κ1) is 8.96. The summed E-state index contributed by atoms with van der Waals surface area (Å²) in [4.78, 5) is 0. The average Bonchev–Trinajstić information content (AvgIpc) is 2.07. The number of hydrogen-bond acceptors (Lipinski definition) is 2. The Labute approximate surface area is 73.3 Å². The molecule has 0 radical (unpaired) electrons. The summed E-state index contributed by atoms with van der Waals surface area (Å²) in [7, 11) is 0. The lowest BCUT2D eigenvalue weighted by atomic mass is 10.0. The molecule has 0 aromatic rings. The number of hydrogen-bond donors (Lipinski definition) is 1. The molecular weight excluding hydrogens is 154 g/mol. The smallest absolute Gasteiger partial charge is 0.0573 e. The highest BCUT2D eigenvalue weighted by Gasteiger charge is 2.12. The molecule has 0 aliphatic carbocycles. The van der Waals surface area contributed by atoms with Gasteiger partial charge in [-0.3, -0.25) is 0 Å². The second kappa shape index (κ2) is 5.51. The van der Waals surface area contributed by atoms with Crippen LogP contribution in [0, 0.1) is 18.3 Å². The summed E-state index contributed by atoms with van der Waals surface area (Å²) in [6, 6.07) is 0. The second-order valence-corrected chi connectivity index (χ2v) is 4.12. The fourth-order valence-corrected chi connectivity index (χ4v) is 2.50. The minimum absolute atomic E-state index is 0.726. The van der Waals surface area contributed by atoms with Gasteiger partial charge in [0.05, 0.1) is 6.54 Å². The predicted octanol–water partition coefficient (Wildman–Crippen LogP) is 1.35. The van der Waals surface area contributed by atoms with Crippen LogP contribution < -0.4 is 5.32 Å². The van der Waals surface area contributed by atoms with E-state index in [0.717, 1.165) is 19.0 Å². The largest absolute Gasteiger partial charge is 0.306 e. The Morgan fingerprint density at radius 3 is 2.82 bits per heavy atom. The molecular formula is C9H15NS. The maximum atomic E-state index is 5.13. The van der Waals surface area contributed by atoms with Crippen LogP contribution in [0.4, 0.5) is 0 Å². The highest BCUT2D eigenvalue weighted by molar-refractivity contribution is 7.99. The fourth-order valence-electron chi connectivity index (χ4n) is 1.30. The van der Waals surface area contributed by atoms with Crippen LogP contribution in [0.15, 0.2) is 0 Å². The van der Waals surface area contributed by atoms with E-state index in [2.05, 4.69) is 23.0 Å². The first-order chi connectivity index (χ1) is 5.43. The van der Waals surface area contributed by atoms with Crippen LogP contribution in [0.5, 0.6) is 0 Å². The van der Waals surface area contributed by atoms with Crippen LogP contribution in [-0.2, 0) is 0 Å². The molecule has 1 rings (SSSR count). The summed E-state index contributed by atoms with van der Waals surface area (Å²) in [5.41, 5.74) is 0. The SMILES string of the molecule is C#CCNCC1CCSCC1. The van der Waals surface area contributed by atoms with Gasteiger partial charge in [0.2, 0.25) is 0 Å². The van der Waals surface area contributed by atoms with Gasteiger partial charge in [-0.25, -0.2) is 0 Å². The monoisotopic (exact) mass is 169 g/mol. The van der Waals surface area contributed by atoms with E-state index in [1.54, 1.807) is 0 Å². The summed E-state index contributed by atoms with van der Waals surface area (Å²) in [6.45, 7) is 1.84. The maximum absolute atomic E-state index is 5.13. The average molecular weight is 169 g/mol. The summed E-state index contributed by atoms with van der Waals surface area (Å²) in [5, 5.41) is 3.26. The van der Waals surface area contributed by atoms with Crippen molar-refractivity contribution in [2.75, 3.05) is 24.6 Å². The van der Waals surface area contributed by atoms with Gasteiger partial charge in [-0.2, -0.15) is 11.8 Å². The normalized spacial score (nSPS) is 19.5. The quantitative estimate of drug-likeness (QED) is 0.505. The van der Waals surface area contributed by atoms with E-state index in [1.165, 1.54) is 24.3 Å². The standard InChI is InChI=1S/C9H15NS/c1-2-5-10-8-9-3-6-11-7-4-9/h1,9-10H,3-8H2. The van der Waals surface area contributed by atoms with Crippen LogP contribution in [0.25, 0.3) is 0 Å². The number of rotatable bonds is 3. The van der Waals surface area contributed by atoms with Crippen molar-refractivity contribution in [3.63, 3.8) is 0 Å². The third kappa shape index (κ3) is 3.69. The fraction of sp³-hybridized carbons (Fsp3) is 0.778. The van der Waals surface area contributed by atoms with Gasteiger partial charge in [-0.05, 0) is 36.8 Å². The Bertz CT molecular complexity index is 133. The van der Waals surface area contributed by atoms with Crippen molar-refractivity contribution >= 4 is 11.8 Å². The van der Waals surface area contributed by atoms with E-state index in [9.17, 15) is 0 Å². The predicted molar refractivity (Wildman–Crippen MR) is 51.8 cm³/mol. The lowest BCUT2D eigenvalue weighted by Crippen LogP contribution is -2.25. The van der Waals surface area contributed by atoms with Crippen LogP contribution in [0.3, 0.4) is 0 Å². The van der Waals surface area contributed by atoms with Gasteiger partial charge in [0.25, 0.3) is 0 Å². The van der Waals surface area contributed by atoms with Gasteiger partial charge >= 0.3 is 0 Å². The van der Waals surface area contributed by atoms with Crippen molar-refractivity contribution < 1.29 is 0 Å². The molecule has 62 valence electrons. The Hall–Kier alpha value is -0.130. The Morgan fingerprint density at radius 1 is 1.45 bits per heavy atom. The van der Waals surface area contributed by atoms with Crippen molar-refractivity contribution in [1.82, 2.24) is 5.32 Å². The summed E-state index contributed by atoms with van der Waals surface area (Å²) in [6.07, 6.45) is 7.85. The molecule has 1 heterocycles. The van der Waals surface area contributed by atoms with E-state index in [4.69, 9.17) is 6.42 Å². The summed E-state index contributed by atoms with van der Waals surface area (Å²) < 4.78 is 0. The topological polar surface area (TPSA) is 12.0 Å². The van der Waals surface area contributed by atoms with Gasteiger partial charge in [-0.15, -0.1) is 6.42 Å². The zero-order chi connectivity index (χ0) is 7.94. The molecule has 0 atom stereocenters. The molecule has 1 fully saturated rings. The van der Waals surface area contributed by atoms with Crippen LogP contribution >= 0.6 is 11.8 Å². The Morgan fingerprint density at radius 2 is 2.18 bits per heavy atom. The molecule has 0 aromatic carbocycles. The van der Waals surface area contributed by atoms with E-state index in [1.807, 2.05) is 0 Å². The van der Waals surface area contributed by atoms with Crippen LogP contribution in [0.1, 0.15) is 12.8 Å². The zero-order valence-corrected chi connectivity index (χ0v) is 7.62. The van der Waals surface area contributed by atoms with Gasteiger partial charge in [0, 0.05) is 0 Å². The summed E-state index contributed by atoms with van der Waals surface area (Å²) >= 11 is 2.07. The van der Waals surface area contributed by atoms with Gasteiger partial charge < -0.3 is 5.32 Å². The second-order valence-electron chi connectivity index (χ2n) is 2.89. The van der Waals surface area contributed by atoms with E-state index in [0.29, 0.717) is 0 Å². The van der Waals surface area contributed by atoms with E-state index >= 15 is 0 Å². The first-order valence-electron chi connectivity index (χ1n) is 4.15. The highest BCUT2D eigenvalue weighted by atomic mass is 32.2. The first-order valence-corrected chi connectivity index (χ1v) is 5.31. The van der Waals surface area contributed by atoms with Gasteiger partial charge in [0.15, 0.2) is 0 Å². The third-order valence-corrected chi connectivity index (χ3v) is 3.05. The minimum Gasteiger partial charge on any atom is -0.306 e. The molecule has 1 N–H and O–H groups in total. The van der Waals surface area contributed by atoms with Crippen LogP contribution in [-0.4, -0.2) is 24.6 Å². The number of thioether (sulfide) groups is 1. The minimum atomic E-state index is 0.726. The van der Waals surface area contributed by atoms with Crippen molar-refractivity contribution in [3.8, 4) is 12.3 Å². The Balaban J connectivity index is 2.01. The highest BCUT2D eigenvalue weighted by Crippen LogP contribution is 2.21. The molecule has 11 heavy (non-hydrogen) atoms. The lowest BCUT2D eigenvalue weighted by Gasteiger charge is -2.20. The lowest BCUT2D eigenvalue weighted by molar-refractivity contribution is 0.460. The zero-order valence-electron chi connectivity index (χ0n) is 6.81. The number of terminal acetylenes is 1. The summed E-state index contributed by atoms with van der Waals surface area (Å²) in [5.74, 6) is 6.14. The molecule has 1 nitrogen and oxygen atoms in total. The van der Waals surface area contributed by atoms with Crippen molar-refractivity contribution in [3.05, 3.63) is 0 Å². The molecule has 2 heteroatoms. The molecule has 0 amide bonds. The van der Waals surface area contributed by atoms with Crippen LogP contribution in [0.2, 0.25) is 0 Å². The molecule has 0 aromatic heterocycles. The van der Waals surface area contributed by atoms with Gasteiger partial charge in [-0.1, -0.05) is 5.92 Å². The molecule has 0 bridgehead atoms. The Kier molecular flexibility index (Phi) is 4.49. The third-order valence-electron chi connectivity index (χ3n) is 2.00. The van der Waals surface area contributed by atoms with Crippen molar-refractivity contribution in [1.29, 1.82) is 0 Å². The van der Waals surface area contributed by atoms with E-state index in [-0.39, 0.29) is 0 Å². The number of nitrogens with one attached hydrogen (secondary N) is 1. The maximum Gasteiger partial charge on any atom is 0.0573 e. The molecule has 1 saturated heterocycles. The molecule has 0 saturated carbocycles. The van der Waals surface area contributed by atoms with E-state index < -0.39 is 0 Å². The van der Waals surface area contributed by atoms with Crippen molar-refractivity contribution in [2.24, 2.45) is 5.92 Å². The van der Waals surface area contributed by atoms with Gasteiger partial charge in [0.1, 0.15) is 0 Å². The molecule has 1 aliphatic rings. The molecule has 0 unspecified atom stereocenters.